The molecule has 0 radical (unpaired) electrons. The molecule has 110 valence electrons. The fraction of sp³-hybridized carbons (Fsp3) is 0.312. The molecule has 1 aromatic heterocycles. The van der Waals surface area contributed by atoms with E-state index >= 15 is 0 Å². The van der Waals surface area contributed by atoms with Gasteiger partial charge in [-0.05, 0) is 25.1 Å². The number of nitrogens with zero attached hydrogens (tertiary/aromatic N) is 1. The molecule has 1 aliphatic rings. The van der Waals surface area contributed by atoms with Gasteiger partial charge < -0.3 is 19.4 Å². The number of anilines is 2. The number of hydrogen-bond acceptors (Lipinski definition) is 4. The average molecular weight is 286 g/mol. The summed E-state index contributed by atoms with van der Waals surface area (Å²) < 4.78 is 10.6. The van der Waals surface area contributed by atoms with Crippen molar-refractivity contribution in [3.8, 4) is 0 Å². The molecule has 0 atom stereocenters. The van der Waals surface area contributed by atoms with E-state index in [2.05, 4.69) is 10.2 Å². The monoisotopic (exact) mass is 286 g/mol. The highest BCUT2D eigenvalue weighted by Gasteiger charge is 2.18. The van der Waals surface area contributed by atoms with Gasteiger partial charge in [0.25, 0.3) is 5.91 Å². The highest BCUT2D eigenvalue weighted by Crippen LogP contribution is 2.27. The van der Waals surface area contributed by atoms with Crippen molar-refractivity contribution >= 4 is 17.3 Å². The second-order valence-corrected chi connectivity index (χ2v) is 5.00. The molecule has 1 N–H and O–H groups in total. The van der Waals surface area contributed by atoms with Crippen LogP contribution < -0.4 is 10.2 Å². The van der Waals surface area contributed by atoms with Crippen molar-refractivity contribution in [3.63, 3.8) is 0 Å². The van der Waals surface area contributed by atoms with E-state index in [0.717, 1.165) is 30.0 Å². The summed E-state index contributed by atoms with van der Waals surface area (Å²) in [7, 11) is 0. The minimum atomic E-state index is -0.224. The summed E-state index contributed by atoms with van der Waals surface area (Å²) in [6.07, 6.45) is 1.53. The van der Waals surface area contributed by atoms with Gasteiger partial charge in [-0.15, -0.1) is 0 Å². The minimum Gasteiger partial charge on any atom is -0.459 e. The van der Waals surface area contributed by atoms with Gasteiger partial charge in [0.15, 0.2) is 5.76 Å². The lowest BCUT2D eigenvalue weighted by Gasteiger charge is -2.30. The quantitative estimate of drug-likeness (QED) is 0.942. The van der Waals surface area contributed by atoms with Crippen LogP contribution >= 0.6 is 0 Å². The first-order valence-electron chi connectivity index (χ1n) is 7.03. The van der Waals surface area contributed by atoms with Crippen molar-refractivity contribution in [2.75, 3.05) is 36.5 Å². The predicted octanol–water partition coefficient (Wildman–Crippen LogP) is 2.68. The van der Waals surface area contributed by atoms with Crippen LogP contribution in [-0.4, -0.2) is 32.2 Å². The summed E-state index contributed by atoms with van der Waals surface area (Å²) in [4.78, 5) is 14.5. The SMILES string of the molecule is Cc1ccoc1C(=O)Nc1ccccc1N1CCOCC1. The minimum absolute atomic E-state index is 0.224. The van der Waals surface area contributed by atoms with E-state index in [1.165, 1.54) is 6.26 Å². The largest absolute Gasteiger partial charge is 0.459 e. The molecule has 5 nitrogen and oxygen atoms in total. The van der Waals surface area contributed by atoms with Crippen LogP contribution in [0.25, 0.3) is 0 Å². The third-order valence-corrected chi connectivity index (χ3v) is 3.57. The Hall–Kier alpha value is -2.27. The van der Waals surface area contributed by atoms with E-state index in [1.807, 2.05) is 31.2 Å². The number of carbonyl (C=O) groups is 1. The second-order valence-electron chi connectivity index (χ2n) is 5.00. The molecule has 1 saturated heterocycles. The number of benzene rings is 1. The highest BCUT2D eigenvalue weighted by molar-refractivity contribution is 6.05. The summed E-state index contributed by atoms with van der Waals surface area (Å²) in [5.41, 5.74) is 2.63. The Bertz CT molecular complexity index is 630. The number of aryl methyl sites for hydroxylation is 1. The lowest BCUT2D eigenvalue weighted by Crippen LogP contribution is -2.36. The Morgan fingerprint density at radius 2 is 1.95 bits per heavy atom. The van der Waals surface area contributed by atoms with Crippen LogP contribution in [0.1, 0.15) is 16.1 Å². The van der Waals surface area contributed by atoms with Crippen LogP contribution in [0.4, 0.5) is 11.4 Å². The molecule has 1 amide bonds. The first-order chi connectivity index (χ1) is 10.3. The van der Waals surface area contributed by atoms with Gasteiger partial charge in [0.2, 0.25) is 0 Å². The molecule has 5 heteroatoms. The lowest BCUT2D eigenvalue weighted by atomic mass is 10.2. The van der Waals surface area contributed by atoms with Crippen molar-refractivity contribution in [1.29, 1.82) is 0 Å². The Balaban J connectivity index is 1.82. The molecule has 2 heterocycles. The molecule has 3 rings (SSSR count). The van der Waals surface area contributed by atoms with Gasteiger partial charge in [-0.3, -0.25) is 4.79 Å². The molecule has 0 spiro atoms. The molecule has 2 aromatic rings. The lowest BCUT2D eigenvalue weighted by molar-refractivity contribution is 0.0996. The fourth-order valence-corrected chi connectivity index (χ4v) is 2.44. The summed E-state index contributed by atoms with van der Waals surface area (Å²) in [6.45, 7) is 4.92. The molecular weight excluding hydrogens is 268 g/mol. The maximum Gasteiger partial charge on any atom is 0.291 e. The van der Waals surface area contributed by atoms with E-state index in [0.29, 0.717) is 19.0 Å². The van der Waals surface area contributed by atoms with Crippen LogP contribution in [0.15, 0.2) is 41.0 Å². The van der Waals surface area contributed by atoms with Gasteiger partial charge in [-0.1, -0.05) is 12.1 Å². The second kappa shape index (κ2) is 6.01. The maximum absolute atomic E-state index is 12.3. The molecule has 21 heavy (non-hydrogen) atoms. The van der Waals surface area contributed by atoms with Crippen LogP contribution in [0, 0.1) is 6.92 Å². The molecule has 1 aromatic carbocycles. The topological polar surface area (TPSA) is 54.7 Å². The number of ether oxygens (including phenoxy) is 1. The highest BCUT2D eigenvalue weighted by atomic mass is 16.5. The van der Waals surface area contributed by atoms with E-state index in [1.54, 1.807) is 6.07 Å². The molecule has 0 unspecified atom stereocenters. The molecule has 0 bridgehead atoms. The third-order valence-electron chi connectivity index (χ3n) is 3.57. The van der Waals surface area contributed by atoms with Crippen molar-refractivity contribution in [2.45, 2.75) is 6.92 Å². The normalized spacial score (nSPS) is 15.0. The van der Waals surface area contributed by atoms with E-state index in [9.17, 15) is 4.79 Å². The number of carbonyl (C=O) groups excluding carboxylic acids is 1. The zero-order chi connectivity index (χ0) is 14.7. The van der Waals surface area contributed by atoms with Gasteiger partial charge in [-0.2, -0.15) is 0 Å². The number of rotatable bonds is 3. The predicted molar refractivity (Wildman–Crippen MR) is 80.9 cm³/mol. The molecule has 1 fully saturated rings. The van der Waals surface area contributed by atoms with E-state index in [4.69, 9.17) is 9.15 Å². The van der Waals surface area contributed by atoms with Gasteiger partial charge in [-0.25, -0.2) is 0 Å². The number of para-hydroxylation sites is 2. The van der Waals surface area contributed by atoms with E-state index < -0.39 is 0 Å². The zero-order valence-electron chi connectivity index (χ0n) is 12.0. The number of morpholine rings is 1. The van der Waals surface area contributed by atoms with Gasteiger partial charge in [0, 0.05) is 18.7 Å². The average Bonchev–Trinajstić information content (AvgIpc) is 2.95. The molecule has 1 aliphatic heterocycles. The van der Waals surface area contributed by atoms with Crippen molar-refractivity contribution in [2.24, 2.45) is 0 Å². The standard InChI is InChI=1S/C16H18N2O3/c1-12-6-9-21-15(12)16(19)17-13-4-2-3-5-14(13)18-7-10-20-11-8-18/h2-6,9H,7-8,10-11H2,1H3,(H,17,19). The van der Waals surface area contributed by atoms with Crippen LogP contribution in [0.3, 0.4) is 0 Å². The summed E-state index contributed by atoms with van der Waals surface area (Å²) >= 11 is 0. The number of nitrogens with one attached hydrogen (secondary N) is 1. The number of hydrogen-bond donors (Lipinski definition) is 1. The van der Waals surface area contributed by atoms with Gasteiger partial charge in [0.1, 0.15) is 0 Å². The Morgan fingerprint density at radius 1 is 1.19 bits per heavy atom. The Kier molecular flexibility index (Phi) is 3.92. The number of furan rings is 1. The third kappa shape index (κ3) is 2.92. The van der Waals surface area contributed by atoms with Crippen molar-refractivity contribution in [3.05, 3.63) is 47.9 Å². The first kappa shape index (κ1) is 13.7. The smallest absolute Gasteiger partial charge is 0.291 e. The summed E-state index contributed by atoms with van der Waals surface area (Å²) in [5.74, 6) is 0.130. The zero-order valence-corrected chi connectivity index (χ0v) is 12.0. The molecule has 0 aliphatic carbocycles. The van der Waals surface area contributed by atoms with E-state index in [-0.39, 0.29) is 5.91 Å². The fourth-order valence-electron chi connectivity index (χ4n) is 2.44. The van der Waals surface area contributed by atoms with Crippen LogP contribution in [0.2, 0.25) is 0 Å². The van der Waals surface area contributed by atoms with Crippen molar-refractivity contribution in [1.82, 2.24) is 0 Å². The van der Waals surface area contributed by atoms with Gasteiger partial charge in [0.05, 0.1) is 30.9 Å². The van der Waals surface area contributed by atoms with Crippen LogP contribution in [0.5, 0.6) is 0 Å². The van der Waals surface area contributed by atoms with Crippen molar-refractivity contribution < 1.29 is 13.9 Å². The first-order valence-corrected chi connectivity index (χ1v) is 7.03. The maximum atomic E-state index is 12.3. The number of amides is 1. The summed E-state index contributed by atoms with van der Waals surface area (Å²) in [5, 5.41) is 2.94. The Labute approximate surface area is 123 Å². The van der Waals surface area contributed by atoms with Crippen LogP contribution in [-0.2, 0) is 4.74 Å². The summed E-state index contributed by atoms with van der Waals surface area (Å²) in [6, 6.07) is 9.58. The molecule has 0 saturated carbocycles. The van der Waals surface area contributed by atoms with Gasteiger partial charge >= 0.3 is 0 Å². The molecular formula is C16H18N2O3. The Morgan fingerprint density at radius 3 is 2.67 bits per heavy atom.